The van der Waals surface area contributed by atoms with Gasteiger partial charge in [-0.1, -0.05) is 13.8 Å². The first-order chi connectivity index (χ1) is 8.00. The van der Waals surface area contributed by atoms with Gasteiger partial charge in [-0.25, -0.2) is 4.79 Å². The number of nitrogens with zero attached hydrogens (tertiary/aromatic N) is 1. The number of carboxylic acids is 1. The van der Waals surface area contributed by atoms with E-state index in [1.165, 1.54) is 0 Å². The number of carbonyl (C=O) groups is 2. The zero-order valence-electron chi connectivity index (χ0n) is 10.3. The molecule has 1 aliphatic heterocycles. The highest BCUT2D eigenvalue weighted by Crippen LogP contribution is 2.19. The molecule has 17 heavy (non-hydrogen) atoms. The predicted molar refractivity (Wildman–Crippen MR) is 68.3 cm³/mol. The van der Waals surface area contributed by atoms with Gasteiger partial charge in [-0.2, -0.15) is 11.8 Å². The molecule has 1 rings (SSSR count). The third-order valence-corrected chi connectivity index (χ3v) is 3.65. The third-order valence-electron chi connectivity index (χ3n) is 2.56. The molecule has 1 heterocycles. The number of rotatable bonds is 4. The van der Waals surface area contributed by atoms with Crippen LogP contribution in [-0.4, -0.2) is 52.6 Å². The van der Waals surface area contributed by atoms with Crippen LogP contribution in [0.3, 0.4) is 0 Å². The van der Waals surface area contributed by atoms with E-state index in [2.05, 4.69) is 5.32 Å². The van der Waals surface area contributed by atoms with E-state index >= 15 is 0 Å². The third kappa shape index (κ3) is 4.85. The minimum Gasteiger partial charge on any atom is -0.481 e. The maximum Gasteiger partial charge on any atom is 0.317 e. The van der Waals surface area contributed by atoms with Gasteiger partial charge in [0, 0.05) is 24.6 Å². The summed E-state index contributed by atoms with van der Waals surface area (Å²) in [6, 6.07) is -0.316. The topological polar surface area (TPSA) is 69.6 Å². The van der Waals surface area contributed by atoms with Crippen molar-refractivity contribution in [3.05, 3.63) is 0 Å². The summed E-state index contributed by atoms with van der Waals surface area (Å²) in [7, 11) is 0. The molecule has 0 bridgehead atoms. The molecule has 2 amide bonds. The van der Waals surface area contributed by atoms with Gasteiger partial charge in [0.1, 0.15) is 0 Å². The van der Waals surface area contributed by atoms with Gasteiger partial charge in [0.15, 0.2) is 0 Å². The second kappa shape index (κ2) is 6.74. The van der Waals surface area contributed by atoms with Crippen molar-refractivity contribution in [3.8, 4) is 0 Å². The number of carbonyl (C=O) groups excluding carboxylic acids is 1. The molecular weight excluding hydrogens is 240 g/mol. The molecule has 0 radical (unpaired) electrons. The molecular formula is C11H20N2O3S. The fourth-order valence-corrected chi connectivity index (χ4v) is 2.75. The van der Waals surface area contributed by atoms with Crippen molar-refractivity contribution in [1.29, 1.82) is 0 Å². The molecule has 0 aliphatic carbocycles. The Labute approximate surface area is 106 Å². The number of urea groups is 1. The van der Waals surface area contributed by atoms with E-state index in [-0.39, 0.29) is 18.5 Å². The van der Waals surface area contributed by atoms with Crippen molar-refractivity contribution in [1.82, 2.24) is 10.2 Å². The van der Waals surface area contributed by atoms with E-state index in [1.807, 2.05) is 13.8 Å². The fraction of sp³-hybridized carbons (Fsp3) is 0.818. The van der Waals surface area contributed by atoms with Crippen LogP contribution in [0.15, 0.2) is 0 Å². The van der Waals surface area contributed by atoms with E-state index < -0.39 is 5.97 Å². The van der Waals surface area contributed by atoms with Crippen molar-refractivity contribution in [2.45, 2.75) is 26.3 Å². The van der Waals surface area contributed by atoms with Crippen LogP contribution >= 0.6 is 11.8 Å². The van der Waals surface area contributed by atoms with Gasteiger partial charge in [-0.3, -0.25) is 4.79 Å². The summed E-state index contributed by atoms with van der Waals surface area (Å²) in [5.41, 5.74) is 0. The summed E-state index contributed by atoms with van der Waals surface area (Å²) in [6.45, 7) is 5.32. The maximum absolute atomic E-state index is 11.9. The van der Waals surface area contributed by atoms with Crippen LogP contribution in [0.25, 0.3) is 0 Å². The SMILES string of the molecule is CC(C)CNC(=O)N1CCSCC1CC(=O)O. The first-order valence-corrected chi connectivity index (χ1v) is 7.00. The Bertz CT molecular complexity index is 284. The van der Waals surface area contributed by atoms with Crippen LogP contribution in [0, 0.1) is 5.92 Å². The lowest BCUT2D eigenvalue weighted by atomic mass is 10.2. The van der Waals surface area contributed by atoms with Crippen molar-refractivity contribution >= 4 is 23.8 Å². The summed E-state index contributed by atoms with van der Waals surface area (Å²) >= 11 is 1.71. The lowest BCUT2D eigenvalue weighted by Gasteiger charge is -2.34. The smallest absolute Gasteiger partial charge is 0.317 e. The molecule has 0 aromatic heterocycles. The molecule has 0 aromatic rings. The molecule has 1 atom stereocenters. The Morgan fingerprint density at radius 2 is 2.24 bits per heavy atom. The largest absolute Gasteiger partial charge is 0.481 e. The van der Waals surface area contributed by atoms with E-state index in [4.69, 9.17) is 5.11 Å². The summed E-state index contributed by atoms with van der Waals surface area (Å²) in [5, 5.41) is 11.7. The molecule has 5 nitrogen and oxygen atoms in total. The zero-order valence-corrected chi connectivity index (χ0v) is 11.1. The Morgan fingerprint density at radius 1 is 1.53 bits per heavy atom. The monoisotopic (exact) mass is 260 g/mol. The van der Waals surface area contributed by atoms with Crippen molar-refractivity contribution in [2.75, 3.05) is 24.6 Å². The standard InChI is InChI=1S/C11H20N2O3S/c1-8(2)6-12-11(16)13-3-4-17-7-9(13)5-10(14)15/h8-9H,3-7H2,1-2H3,(H,12,16)(H,14,15). The Morgan fingerprint density at radius 3 is 2.82 bits per heavy atom. The number of hydrogen-bond acceptors (Lipinski definition) is 3. The quantitative estimate of drug-likeness (QED) is 0.798. The Hall–Kier alpha value is -0.910. The molecule has 6 heteroatoms. The van der Waals surface area contributed by atoms with Crippen molar-refractivity contribution in [2.24, 2.45) is 5.92 Å². The number of hydrogen-bond donors (Lipinski definition) is 2. The number of thioether (sulfide) groups is 1. The second-order valence-corrected chi connectivity index (χ2v) is 5.75. The Balaban J connectivity index is 2.51. The number of amides is 2. The van der Waals surface area contributed by atoms with Gasteiger partial charge >= 0.3 is 12.0 Å². The van der Waals surface area contributed by atoms with E-state index in [9.17, 15) is 9.59 Å². The fourth-order valence-electron chi connectivity index (χ4n) is 1.69. The molecule has 98 valence electrons. The molecule has 1 aliphatic rings. The molecule has 1 saturated heterocycles. The predicted octanol–water partition coefficient (Wildman–Crippen LogP) is 1.24. The summed E-state index contributed by atoms with van der Waals surface area (Å²) < 4.78 is 0. The average Bonchev–Trinajstić information content (AvgIpc) is 2.25. The maximum atomic E-state index is 11.9. The molecule has 2 N–H and O–H groups in total. The number of carboxylic acid groups (broad SMARTS) is 1. The Kier molecular flexibility index (Phi) is 5.61. The minimum atomic E-state index is -0.848. The van der Waals surface area contributed by atoms with Crippen LogP contribution in [0.5, 0.6) is 0 Å². The van der Waals surface area contributed by atoms with Crippen LogP contribution in [0.1, 0.15) is 20.3 Å². The van der Waals surface area contributed by atoms with Gasteiger partial charge in [-0.15, -0.1) is 0 Å². The number of nitrogens with one attached hydrogen (secondary N) is 1. The number of aliphatic carboxylic acids is 1. The van der Waals surface area contributed by atoms with Crippen molar-refractivity contribution < 1.29 is 14.7 Å². The summed E-state index contributed by atoms with van der Waals surface area (Å²) in [6.07, 6.45) is 0.0299. The first kappa shape index (κ1) is 14.2. The molecule has 1 unspecified atom stereocenters. The highest BCUT2D eigenvalue weighted by molar-refractivity contribution is 7.99. The lowest BCUT2D eigenvalue weighted by Crippen LogP contribution is -2.51. The van der Waals surface area contributed by atoms with E-state index in [0.717, 1.165) is 5.75 Å². The van der Waals surface area contributed by atoms with Gasteiger partial charge in [0.05, 0.1) is 12.5 Å². The summed E-state index contributed by atoms with van der Waals surface area (Å²) in [4.78, 5) is 24.3. The molecule has 0 spiro atoms. The van der Waals surface area contributed by atoms with Crippen LogP contribution in [0.2, 0.25) is 0 Å². The van der Waals surface area contributed by atoms with Crippen LogP contribution in [0.4, 0.5) is 4.79 Å². The second-order valence-electron chi connectivity index (χ2n) is 4.60. The molecule has 0 saturated carbocycles. The van der Waals surface area contributed by atoms with Crippen molar-refractivity contribution in [3.63, 3.8) is 0 Å². The van der Waals surface area contributed by atoms with E-state index in [1.54, 1.807) is 16.7 Å². The van der Waals surface area contributed by atoms with E-state index in [0.29, 0.717) is 24.8 Å². The minimum absolute atomic E-state index is 0.0299. The molecule has 0 aromatic carbocycles. The normalized spacial score (nSPS) is 20.4. The van der Waals surface area contributed by atoms with Crippen LogP contribution < -0.4 is 5.32 Å². The highest BCUT2D eigenvalue weighted by Gasteiger charge is 2.28. The van der Waals surface area contributed by atoms with Gasteiger partial charge in [0.25, 0.3) is 0 Å². The molecule has 1 fully saturated rings. The first-order valence-electron chi connectivity index (χ1n) is 5.84. The zero-order chi connectivity index (χ0) is 12.8. The van der Waals surface area contributed by atoms with Gasteiger partial charge in [-0.05, 0) is 5.92 Å². The summed E-state index contributed by atoms with van der Waals surface area (Å²) in [5.74, 6) is 1.14. The lowest BCUT2D eigenvalue weighted by molar-refractivity contribution is -0.137. The average molecular weight is 260 g/mol. The van der Waals surface area contributed by atoms with Gasteiger partial charge < -0.3 is 15.3 Å². The highest BCUT2D eigenvalue weighted by atomic mass is 32.2. The van der Waals surface area contributed by atoms with Crippen LogP contribution in [-0.2, 0) is 4.79 Å². The van der Waals surface area contributed by atoms with Gasteiger partial charge in [0.2, 0.25) is 0 Å².